The molecule has 0 saturated heterocycles. The van der Waals surface area contributed by atoms with Crippen LogP contribution in [0, 0.1) is 11.8 Å². The van der Waals surface area contributed by atoms with Crippen molar-refractivity contribution in [1.82, 2.24) is 4.90 Å². The Morgan fingerprint density at radius 3 is 2.94 bits per heavy atom. The van der Waals surface area contributed by atoms with E-state index >= 15 is 0 Å². The molecule has 18 heavy (non-hydrogen) atoms. The highest BCUT2D eigenvalue weighted by atomic mass is 32.1. The lowest BCUT2D eigenvalue weighted by atomic mass is 10.3. The topological polar surface area (TPSA) is 52.9 Å². The zero-order valence-corrected chi connectivity index (χ0v) is 11.5. The summed E-state index contributed by atoms with van der Waals surface area (Å²) in [5.74, 6) is 5.51. The van der Waals surface area contributed by atoms with Crippen molar-refractivity contribution in [3.05, 3.63) is 21.9 Å². The molecule has 5 heteroatoms. The molecule has 2 N–H and O–H groups in total. The largest absolute Gasteiger partial charge is 0.389 e. The van der Waals surface area contributed by atoms with Crippen molar-refractivity contribution >= 4 is 11.3 Å². The van der Waals surface area contributed by atoms with Gasteiger partial charge in [0.25, 0.3) is 0 Å². The molecule has 0 spiro atoms. The van der Waals surface area contributed by atoms with Gasteiger partial charge in [-0.1, -0.05) is 11.8 Å². The Bertz CT molecular complexity index is 408. The van der Waals surface area contributed by atoms with Crippen molar-refractivity contribution in [2.24, 2.45) is 0 Å². The summed E-state index contributed by atoms with van der Waals surface area (Å²) in [6.45, 7) is 1.58. The van der Waals surface area contributed by atoms with Crippen molar-refractivity contribution in [2.75, 3.05) is 33.9 Å². The molecule has 1 unspecified atom stereocenters. The minimum absolute atomic E-state index is 0.115. The fourth-order valence-corrected chi connectivity index (χ4v) is 2.55. The molecule has 1 atom stereocenters. The number of aliphatic hydroxyl groups excluding tert-OH is 2. The molecule has 0 fully saturated rings. The zero-order chi connectivity index (χ0) is 13.4. The van der Waals surface area contributed by atoms with Crippen LogP contribution in [0.3, 0.4) is 0 Å². The van der Waals surface area contributed by atoms with E-state index in [2.05, 4.69) is 11.8 Å². The van der Waals surface area contributed by atoms with Gasteiger partial charge >= 0.3 is 0 Å². The standard InChI is InChI=1S/C13H19NO3S/c1-14(8-11(16)10-17-2)9-13-6-5-12(18-13)4-3-7-15/h5-6,11,15-16H,7-10H2,1-2H3. The minimum atomic E-state index is -0.464. The number of nitrogens with zero attached hydrogens (tertiary/aromatic N) is 1. The third kappa shape index (κ3) is 5.63. The van der Waals surface area contributed by atoms with E-state index < -0.39 is 6.10 Å². The van der Waals surface area contributed by atoms with Gasteiger partial charge < -0.3 is 14.9 Å². The SMILES string of the molecule is COCC(O)CN(C)Cc1ccc(C#CCO)s1. The van der Waals surface area contributed by atoms with Gasteiger partial charge in [-0.05, 0) is 19.2 Å². The van der Waals surface area contributed by atoms with Gasteiger partial charge in [0.2, 0.25) is 0 Å². The van der Waals surface area contributed by atoms with Crippen LogP contribution in [-0.4, -0.2) is 55.1 Å². The maximum atomic E-state index is 9.61. The van der Waals surface area contributed by atoms with Crippen LogP contribution >= 0.6 is 11.3 Å². The van der Waals surface area contributed by atoms with E-state index in [9.17, 15) is 5.11 Å². The first kappa shape index (κ1) is 15.2. The number of hydrogen-bond acceptors (Lipinski definition) is 5. The predicted octanol–water partition coefficient (Wildman–Crippen LogP) is 0.531. The van der Waals surface area contributed by atoms with Gasteiger partial charge in [-0.25, -0.2) is 0 Å². The summed E-state index contributed by atoms with van der Waals surface area (Å²) in [6.07, 6.45) is -0.464. The fourth-order valence-electron chi connectivity index (χ4n) is 1.59. The molecular weight excluding hydrogens is 250 g/mol. The third-order valence-electron chi connectivity index (χ3n) is 2.26. The normalized spacial score (nSPS) is 12.3. The van der Waals surface area contributed by atoms with Crippen LogP contribution in [0.15, 0.2) is 12.1 Å². The average Bonchev–Trinajstić information content (AvgIpc) is 2.74. The number of aliphatic hydroxyl groups is 2. The first-order valence-electron chi connectivity index (χ1n) is 5.69. The molecule has 1 rings (SSSR count). The Balaban J connectivity index is 2.44. The maximum Gasteiger partial charge on any atom is 0.104 e. The van der Waals surface area contributed by atoms with Gasteiger partial charge in [0.15, 0.2) is 0 Å². The van der Waals surface area contributed by atoms with Gasteiger partial charge in [0.05, 0.1) is 17.6 Å². The molecule has 100 valence electrons. The summed E-state index contributed by atoms with van der Waals surface area (Å²) in [6, 6.07) is 3.97. The number of hydrogen-bond donors (Lipinski definition) is 2. The summed E-state index contributed by atoms with van der Waals surface area (Å²) in [4.78, 5) is 4.17. The molecule has 1 aromatic heterocycles. The highest BCUT2D eigenvalue weighted by Gasteiger charge is 2.09. The van der Waals surface area contributed by atoms with Gasteiger partial charge in [-0.2, -0.15) is 0 Å². The lowest BCUT2D eigenvalue weighted by Gasteiger charge is -2.19. The number of methoxy groups -OCH3 is 1. The molecule has 0 aromatic carbocycles. The molecule has 1 aromatic rings. The van der Waals surface area contributed by atoms with E-state index in [-0.39, 0.29) is 6.61 Å². The quantitative estimate of drug-likeness (QED) is 0.740. The van der Waals surface area contributed by atoms with Crippen LogP contribution in [0.2, 0.25) is 0 Å². The average molecular weight is 269 g/mol. The van der Waals surface area contributed by atoms with E-state index in [4.69, 9.17) is 9.84 Å². The lowest BCUT2D eigenvalue weighted by molar-refractivity contribution is 0.0420. The second-order valence-corrected chi connectivity index (χ2v) is 5.20. The van der Waals surface area contributed by atoms with E-state index in [0.29, 0.717) is 13.2 Å². The Labute approximate surface area is 112 Å². The second-order valence-electron chi connectivity index (χ2n) is 4.03. The Morgan fingerprint density at radius 2 is 2.28 bits per heavy atom. The minimum Gasteiger partial charge on any atom is -0.389 e. The van der Waals surface area contributed by atoms with Crippen LogP contribution in [0.4, 0.5) is 0 Å². The molecule has 0 radical (unpaired) electrons. The molecule has 0 saturated carbocycles. The fraction of sp³-hybridized carbons (Fsp3) is 0.538. The van der Waals surface area contributed by atoms with E-state index in [0.717, 1.165) is 11.4 Å². The first-order valence-corrected chi connectivity index (χ1v) is 6.51. The molecular formula is C13H19NO3S. The van der Waals surface area contributed by atoms with Crippen molar-refractivity contribution in [3.63, 3.8) is 0 Å². The van der Waals surface area contributed by atoms with E-state index in [1.165, 1.54) is 4.88 Å². The molecule has 0 aliphatic heterocycles. The predicted molar refractivity (Wildman–Crippen MR) is 72.5 cm³/mol. The Kier molecular flexibility index (Phi) is 6.94. The van der Waals surface area contributed by atoms with Crippen molar-refractivity contribution in [2.45, 2.75) is 12.6 Å². The Hall–Kier alpha value is -0.900. The van der Waals surface area contributed by atoms with Crippen LogP contribution < -0.4 is 0 Å². The number of thiophene rings is 1. The second kappa shape index (κ2) is 8.25. The zero-order valence-electron chi connectivity index (χ0n) is 10.7. The van der Waals surface area contributed by atoms with Crippen LogP contribution in [0.5, 0.6) is 0 Å². The lowest BCUT2D eigenvalue weighted by Crippen LogP contribution is -2.31. The third-order valence-corrected chi connectivity index (χ3v) is 3.24. The van der Waals surface area contributed by atoms with E-state index in [1.807, 2.05) is 24.1 Å². The number of rotatable bonds is 6. The summed E-state index contributed by atoms with van der Waals surface area (Å²) in [7, 11) is 3.53. The molecule has 0 bridgehead atoms. The summed E-state index contributed by atoms with van der Waals surface area (Å²) >= 11 is 1.60. The Morgan fingerprint density at radius 1 is 1.50 bits per heavy atom. The van der Waals surface area contributed by atoms with Crippen molar-refractivity contribution < 1.29 is 14.9 Å². The van der Waals surface area contributed by atoms with Gasteiger partial charge in [0.1, 0.15) is 6.61 Å². The number of likely N-dealkylation sites (N-methyl/N-ethyl adjacent to an activating group) is 1. The summed E-state index contributed by atoms with van der Waals surface area (Å²) in [5, 5.41) is 18.2. The highest BCUT2D eigenvalue weighted by Crippen LogP contribution is 2.17. The van der Waals surface area contributed by atoms with Crippen LogP contribution in [0.1, 0.15) is 9.75 Å². The van der Waals surface area contributed by atoms with Gasteiger partial charge in [-0.3, -0.25) is 4.90 Å². The first-order chi connectivity index (χ1) is 8.65. The molecule has 0 amide bonds. The summed E-state index contributed by atoms with van der Waals surface area (Å²) < 4.78 is 4.89. The molecule has 0 aliphatic rings. The van der Waals surface area contributed by atoms with Gasteiger partial charge in [0, 0.05) is 25.1 Å². The van der Waals surface area contributed by atoms with Crippen LogP contribution in [-0.2, 0) is 11.3 Å². The van der Waals surface area contributed by atoms with Gasteiger partial charge in [-0.15, -0.1) is 11.3 Å². The molecule has 1 heterocycles. The summed E-state index contributed by atoms with van der Waals surface area (Å²) in [5.41, 5.74) is 0. The van der Waals surface area contributed by atoms with Crippen LogP contribution in [0.25, 0.3) is 0 Å². The maximum absolute atomic E-state index is 9.61. The highest BCUT2D eigenvalue weighted by molar-refractivity contribution is 7.12. The van der Waals surface area contributed by atoms with E-state index in [1.54, 1.807) is 18.4 Å². The smallest absolute Gasteiger partial charge is 0.104 e. The number of ether oxygens (including phenoxy) is 1. The monoisotopic (exact) mass is 269 g/mol. The van der Waals surface area contributed by atoms with Crippen molar-refractivity contribution in [1.29, 1.82) is 0 Å². The van der Waals surface area contributed by atoms with Crippen molar-refractivity contribution in [3.8, 4) is 11.8 Å². The molecule has 4 nitrogen and oxygen atoms in total. The molecule has 0 aliphatic carbocycles.